The molecule has 22 heavy (non-hydrogen) atoms. The van der Waals surface area contributed by atoms with Crippen molar-refractivity contribution in [1.82, 2.24) is 0 Å². The van der Waals surface area contributed by atoms with Gasteiger partial charge in [0.1, 0.15) is 22.9 Å². The zero-order valence-corrected chi connectivity index (χ0v) is 13.1. The van der Waals surface area contributed by atoms with Gasteiger partial charge in [0.15, 0.2) is 0 Å². The number of furan rings is 1. The van der Waals surface area contributed by atoms with Crippen LogP contribution in [0, 0.1) is 6.92 Å². The van der Waals surface area contributed by atoms with Crippen molar-refractivity contribution in [2.75, 3.05) is 6.61 Å². The van der Waals surface area contributed by atoms with Gasteiger partial charge in [0, 0.05) is 18.4 Å². The van der Waals surface area contributed by atoms with Crippen molar-refractivity contribution in [3.63, 3.8) is 0 Å². The normalized spacial score (nSPS) is 10.5. The summed E-state index contributed by atoms with van der Waals surface area (Å²) in [5.41, 5.74) is 2.07. The molecular formula is C18H20O4. The zero-order valence-electron chi connectivity index (χ0n) is 13.1. The zero-order chi connectivity index (χ0) is 16.1. The van der Waals surface area contributed by atoms with Gasteiger partial charge in [-0.25, -0.2) is 4.79 Å². The maximum absolute atomic E-state index is 12.3. The molecule has 1 heterocycles. The summed E-state index contributed by atoms with van der Waals surface area (Å²) >= 11 is 0. The molecule has 0 aliphatic carbocycles. The number of esters is 1. The SMILES string of the molecule is CCOC(=O)c1c(C)oc(CCC(C)=O)c1-c1ccccc1. The Morgan fingerprint density at radius 1 is 1.18 bits per heavy atom. The highest BCUT2D eigenvalue weighted by atomic mass is 16.5. The van der Waals surface area contributed by atoms with E-state index >= 15 is 0 Å². The van der Waals surface area contributed by atoms with Crippen LogP contribution in [0.2, 0.25) is 0 Å². The molecule has 2 rings (SSSR count). The summed E-state index contributed by atoms with van der Waals surface area (Å²) in [4.78, 5) is 23.5. The van der Waals surface area contributed by atoms with E-state index in [0.29, 0.717) is 36.5 Å². The van der Waals surface area contributed by atoms with Gasteiger partial charge in [-0.1, -0.05) is 30.3 Å². The minimum Gasteiger partial charge on any atom is -0.465 e. The second-order valence-corrected chi connectivity index (χ2v) is 5.12. The Balaban J connectivity index is 2.53. The van der Waals surface area contributed by atoms with Crippen LogP contribution in [0.5, 0.6) is 0 Å². The number of ketones is 1. The van der Waals surface area contributed by atoms with Gasteiger partial charge in [-0.2, -0.15) is 0 Å². The first-order valence-corrected chi connectivity index (χ1v) is 7.38. The van der Waals surface area contributed by atoms with Gasteiger partial charge < -0.3 is 13.9 Å². The number of ether oxygens (including phenoxy) is 1. The van der Waals surface area contributed by atoms with E-state index < -0.39 is 5.97 Å². The largest absolute Gasteiger partial charge is 0.465 e. The fourth-order valence-corrected chi connectivity index (χ4v) is 2.43. The van der Waals surface area contributed by atoms with Crippen LogP contribution in [0.25, 0.3) is 11.1 Å². The molecular weight excluding hydrogens is 280 g/mol. The molecule has 0 bridgehead atoms. The Morgan fingerprint density at radius 3 is 2.45 bits per heavy atom. The quantitative estimate of drug-likeness (QED) is 0.758. The van der Waals surface area contributed by atoms with Crippen LogP contribution in [0.3, 0.4) is 0 Å². The summed E-state index contributed by atoms with van der Waals surface area (Å²) in [5.74, 6) is 0.875. The Bertz CT molecular complexity index is 668. The van der Waals surface area contributed by atoms with Crippen molar-refractivity contribution < 1.29 is 18.7 Å². The molecule has 4 nitrogen and oxygen atoms in total. The number of carbonyl (C=O) groups is 2. The molecule has 4 heteroatoms. The fraction of sp³-hybridized carbons (Fsp3) is 0.333. The lowest BCUT2D eigenvalue weighted by Gasteiger charge is -2.06. The van der Waals surface area contributed by atoms with Crippen molar-refractivity contribution in [2.24, 2.45) is 0 Å². The van der Waals surface area contributed by atoms with Gasteiger partial charge in [-0.3, -0.25) is 0 Å². The molecule has 1 aromatic carbocycles. The lowest BCUT2D eigenvalue weighted by Crippen LogP contribution is -2.07. The number of aryl methyl sites for hydroxylation is 2. The average Bonchev–Trinajstić information content (AvgIpc) is 2.83. The summed E-state index contributed by atoms with van der Waals surface area (Å²) in [5, 5.41) is 0. The molecule has 0 radical (unpaired) electrons. The summed E-state index contributed by atoms with van der Waals surface area (Å²) in [6.07, 6.45) is 0.856. The Morgan fingerprint density at radius 2 is 1.86 bits per heavy atom. The van der Waals surface area contributed by atoms with Crippen molar-refractivity contribution in [3.8, 4) is 11.1 Å². The second kappa shape index (κ2) is 7.07. The van der Waals surface area contributed by atoms with Crippen LogP contribution in [-0.2, 0) is 16.0 Å². The van der Waals surface area contributed by atoms with Crippen molar-refractivity contribution in [2.45, 2.75) is 33.6 Å². The minimum absolute atomic E-state index is 0.0887. The number of hydrogen-bond donors (Lipinski definition) is 0. The molecule has 0 aliphatic rings. The summed E-state index contributed by atoms with van der Waals surface area (Å²) in [6, 6.07) is 9.56. The summed E-state index contributed by atoms with van der Waals surface area (Å²) in [7, 11) is 0. The van der Waals surface area contributed by atoms with Gasteiger partial charge in [-0.15, -0.1) is 0 Å². The second-order valence-electron chi connectivity index (χ2n) is 5.12. The number of benzene rings is 1. The molecule has 0 atom stereocenters. The third-order valence-electron chi connectivity index (χ3n) is 3.40. The standard InChI is InChI=1S/C18H20O4/c1-4-21-18(20)16-13(3)22-15(11-10-12(2)19)17(16)14-8-6-5-7-9-14/h5-9H,4,10-11H2,1-3H3. The van der Waals surface area contributed by atoms with E-state index in [1.165, 1.54) is 0 Å². The van der Waals surface area contributed by atoms with E-state index in [-0.39, 0.29) is 5.78 Å². The first kappa shape index (κ1) is 16.0. The molecule has 2 aromatic rings. The molecule has 0 amide bonds. The highest BCUT2D eigenvalue weighted by Crippen LogP contribution is 2.34. The van der Waals surface area contributed by atoms with E-state index in [1.54, 1.807) is 20.8 Å². The smallest absolute Gasteiger partial charge is 0.342 e. The van der Waals surface area contributed by atoms with Gasteiger partial charge in [0.05, 0.1) is 6.61 Å². The third kappa shape index (κ3) is 3.45. The number of Topliss-reactive ketones (excluding diaryl/α,β-unsaturated/α-hetero) is 1. The van der Waals surface area contributed by atoms with Crippen LogP contribution in [0.4, 0.5) is 0 Å². The van der Waals surface area contributed by atoms with Crippen LogP contribution in [-0.4, -0.2) is 18.4 Å². The van der Waals surface area contributed by atoms with Crippen LogP contribution in [0.1, 0.15) is 42.1 Å². The molecule has 0 fully saturated rings. The van der Waals surface area contributed by atoms with Gasteiger partial charge in [-0.05, 0) is 26.3 Å². The predicted molar refractivity (Wildman–Crippen MR) is 83.8 cm³/mol. The van der Waals surface area contributed by atoms with E-state index in [1.807, 2.05) is 30.3 Å². The topological polar surface area (TPSA) is 56.5 Å². The highest BCUT2D eigenvalue weighted by Gasteiger charge is 2.25. The summed E-state index contributed by atoms with van der Waals surface area (Å²) < 4.78 is 10.9. The molecule has 1 aromatic heterocycles. The predicted octanol–water partition coefficient (Wildman–Crippen LogP) is 3.95. The Kier molecular flexibility index (Phi) is 5.15. The van der Waals surface area contributed by atoms with Gasteiger partial charge in [0.2, 0.25) is 0 Å². The maximum atomic E-state index is 12.3. The van der Waals surface area contributed by atoms with Crippen LogP contribution < -0.4 is 0 Å². The summed E-state index contributed by atoms with van der Waals surface area (Å²) in [6.45, 7) is 5.37. The lowest BCUT2D eigenvalue weighted by atomic mass is 9.98. The molecule has 0 N–H and O–H groups in total. The van der Waals surface area contributed by atoms with Crippen LogP contribution >= 0.6 is 0 Å². The molecule has 0 unspecified atom stereocenters. The fourth-order valence-electron chi connectivity index (χ4n) is 2.43. The number of rotatable bonds is 6. The van der Waals surface area contributed by atoms with Crippen molar-refractivity contribution in [1.29, 1.82) is 0 Å². The monoisotopic (exact) mass is 300 g/mol. The van der Waals surface area contributed by atoms with Crippen molar-refractivity contribution in [3.05, 3.63) is 47.4 Å². The Labute approximate surface area is 130 Å². The van der Waals surface area contributed by atoms with E-state index in [9.17, 15) is 9.59 Å². The average molecular weight is 300 g/mol. The van der Waals surface area contributed by atoms with Gasteiger partial charge in [0.25, 0.3) is 0 Å². The highest BCUT2D eigenvalue weighted by molar-refractivity contribution is 5.99. The maximum Gasteiger partial charge on any atom is 0.342 e. The molecule has 0 saturated heterocycles. The van der Waals surface area contributed by atoms with Gasteiger partial charge >= 0.3 is 5.97 Å². The van der Waals surface area contributed by atoms with E-state index in [4.69, 9.17) is 9.15 Å². The number of hydrogen-bond acceptors (Lipinski definition) is 4. The molecule has 0 spiro atoms. The van der Waals surface area contributed by atoms with E-state index in [2.05, 4.69) is 0 Å². The molecule has 0 aliphatic heterocycles. The molecule has 0 saturated carbocycles. The molecule has 116 valence electrons. The van der Waals surface area contributed by atoms with E-state index in [0.717, 1.165) is 11.1 Å². The lowest BCUT2D eigenvalue weighted by molar-refractivity contribution is -0.117. The third-order valence-corrected chi connectivity index (χ3v) is 3.40. The first-order chi connectivity index (χ1) is 10.5. The first-order valence-electron chi connectivity index (χ1n) is 7.38. The number of carbonyl (C=O) groups excluding carboxylic acids is 2. The van der Waals surface area contributed by atoms with Crippen LogP contribution in [0.15, 0.2) is 34.7 Å². The van der Waals surface area contributed by atoms with Crippen molar-refractivity contribution >= 4 is 11.8 Å². The Hall–Kier alpha value is -2.36. The minimum atomic E-state index is -0.392.